The van der Waals surface area contributed by atoms with Gasteiger partial charge in [0.25, 0.3) is 0 Å². The molecular weight excluding hydrogens is 418 g/mol. The van der Waals surface area contributed by atoms with Crippen molar-refractivity contribution in [1.29, 1.82) is 0 Å². The van der Waals surface area contributed by atoms with Gasteiger partial charge in [0.05, 0.1) is 10.6 Å². The van der Waals surface area contributed by atoms with E-state index in [1.165, 1.54) is 30.8 Å². The summed E-state index contributed by atoms with van der Waals surface area (Å²) in [7, 11) is 0. The molecule has 0 aliphatic rings. The zero-order valence-corrected chi connectivity index (χ0v) is 18.8. The highest BCUT2D eigenvalue weighted by atomic mass is 35.5. The molecule has 30 heavy (non-hydrogen) atoms. The standard InChI is InChI=1S/C22H26ClN5OS/c1-3-4-5-6-13-24-20-12-8-11-19(25-20)15-29-27-22(21-16(2)30-28-26-21)17-9-7-10-18(23)14-17/h7-12,14H,3-6,13,15H2,1-2H3,(H,24,25)/b27-22-. The highest BCUT2D eigenvalue weighted by molar-refractivity contribution is 7.05. The van der Waals surface area contributed by atoms with Gasteiger partial charge in [-0.05, 0) is 49.1 Å². The fraction of sp³-hybridized carbons (Fsp3) is 0.364. The molecule has 0 aliphatic carbocycles. The van der Waals surface area contributed by atoms with Crippen molar-refractivity contribution < 1.29 is 4.84 Å². The van der Waals surface area contributed by atoms with Crippen LogP contribution in [0.1, 0.15) is 54.4 Å². The minimum Gasteiger partial charge on any atom is -0.389 e. The van der Waals surface area contributed by atoms with E-state index in [0.717, 1.165) is 34.9 Å². The summed E-state index contributed by atoms with van der Waals surface area (Å²) in [5.74, 6) is 0.853. The van der Waals surface area contributed by atoms with Crippen molar-refractivity contribution in [2.24, 2.45) is 5.16 Å². The highest BCUT2D eigenvalue weighted by Crippen LogP contribution is 2.19. The van der Waals surface area contributed by atoms with Gasteiger partial charge in [-0.15, -0.1) is 5.10 Å². The summed E-state index contributed by atoms with van der Waals surface area (Å²) in [5.41, 5.74) is 2.93. The lowest BCUT2D eigenvalue weighted by atomic mass is 10.1. The van der Waals surface area contributed by atoms with Crippen LogP contribution in [0.4, 0.5) is 5.82 Å². The molecule has 1 N–H and O–H groups in total. The molecule has 2 heterocycles. The quantitative estimate of drug-likeness (QED) is 0.228. The molecule has 3 rings (SSSR count). The second-order valence-electron chi connectivity index (χ2n) is 6.90. The number of nitrogens with zero attached hydrogens (tertiary/aromatic N) is 4. The lowest BCUT2D eigenvalue weighted by Crippen LogP contribution is -2.08. The molecule has 0 amide bonds. The minimum atomic E-state index is 0.256. The lowest BCUT2D eigenvalue weighted by molar-refractivity contribution is 0.128. The summed E-state index contributed by atoms with van der Waals surface area (Å²) in [6.07, 6.45) is 4.88. The Morgan fingerprint density at radius 3 is 2.80 bits per heavy atom. The number of rotatable bonds is 11. The number of hydrogen-bond acceptors (Lipinski definition) is 7. The number of halogens is 1. The van der Waals surface area contributed by atoms with E-state index >= 15 is 0 Å². The van der Waals surface area contributed by atoms with E-state index in [2.05, 4.69) is 32.0 Å². The average molecular weight is 444 g/mol. The molecule has 0 spiro atoms. The molecule has 0 radical (unpaired) electrons. The lowest BCUT2D eigenvalue weighted by Gasteiger charge is -2.08. The highest BCUT2D eigenvalue weighted by Gasteiger charge is 2.15. The Hall–Kier alpha value is -2.51. The van der Waals surface area contributed by atoms with Gasteiger partial charge in [-0.3, -0.25) is 0 Å². The third-order valence-corrected chi connectivity index (χ3v) is 5.35. The Morgan fingerprint density at radius 1 is 1.17 bits per heavy atom. The fourth-order valence-electron chi connectivity index (χ4n) is 2.91. The first-order valence-electron chi connectivity index (χ1n) is 10.1. The zero-order valence-electron chi connectivity index (χ0n) is 17.3. The van der Waals surface area contributed by atoms with Crippen molar-refractivity contribution in [2.45, 2.75) is 46.1 Å². The van der Waals surface area contributed by atoms with Crippen molar-refractivity contribution >= 4 is 34.7 Å². The maximum atomic E-state index is 6.16. The molecule has 0 bridgehead atoms. The fourth-order valence-corrected chi connectivity index (χ4v) is 3.57. The van der Waals surface area contributed by atoms with E-state index in [9.17, 15) is 0 Å². The number of hydrogen-bond donors (Lipinski definition) is 1. The third kappa shape index (κ3) is 6.50. The SMILES string of the molecule is CCCCCCNc1cccc(CO/N=C(/c2cccc(Cl)c2)c2nnsc2C)n1. The minimum absolute atomic E-state index is 0.256. The molecule has 158 valence electrons. The molecule has 0 unspecified atom stereocenters. The number of benzene rings is 1. The van der Waals surface area contributed by atoms with Crippen molar-refractivity contribution in [1.82, 2.24) is 14.6 Å². The molecule has 0 aliphatic heterocycles. The van der Waals surface area contributed by atoms with Crippen LogP contribution in [0.3, 0.4) is 0 Å². The summed E-state index contributed by atoms with van der Waals surface area (Å²) < 4.78 is 4.02. The Labute approximate surface area is 186 Å². The maximum absolute atomic E-state index is 6.16. The predicted molar refractivity (Wildman–Crippen MR) is 123 cm³/mol. The second kappa shape index (κ2) is 11.6. The normalized spacial score (nSPS) is 11.5. The first kappa shape index (κ1) is 22.2. The molecule has 1 aromatic carbocycles. The van der Waals surface area contributed by atoms with Gasteiger partial charge in [-0.25, -0.2) is 4.98 Å². The van der Waals surface area contributed by atoms with Crippen LogP contribution >= 0.6 is 23.1 Å². The van der Waals surface area contributed by atoms with Crippen molar-refractivity contribution in [3.8, 4) is 0 Å². The third-order valence-electron chi connectivity index (χ3n) is 4.49. The predicted octanol–water partition coefficient (Wildman–Crippen LogP) is 5.86. The van der Waals surface area contributed by atoms with Crippen LogP contribution in [0.25, 0.3) is 0 Å². The van der Waals surface area contributed by atoms with Crippen LogP contribution in [-0.2, 0) is 11.4 Å². The number of pyridine rings is 1. The summed E-state index contributed by atoms with van der Waals surface area (Å²) in [5, 5.41) is 12.6. The molecular formula is C22H26ClN5OS. The van der Waals surface area contributed by atoms with E-state index in [-0.39, 0.29) is 6.61 Å². The van der Waals surface area contributed by atoms with Crippen LogP contribution < -0.4 is 5.32 Å². The first-order chi connectivity index (χ1) is 14.7. The van der Waals surface area contributed by atoms with Crippen LogP contribution in [-0.4, -0.2) is 26.8 Å². The second-order valence-corrected chi connectivity index (χ2v) is 8.30. The van der Waals surface area contributed by atoms with E-state index in [1.807, 2.05) is 49.4 Å². The van der Waals surface area contributed by atoms with Crippen LogP contribution in [0.5, 0.6) is 0 Å². The van der Waals surface area contributed by atoms with Crippen molar-refractivity contribution in [3.63, 3.8) is 0 Å². The summed E-state index contributed by atoms with van der Waals surface area (Å²) in [6, 6.07) is 13.3. The number of nitrogens with one attached hydrogen (secondary N) is 1. The van der Waals surface area contributed by atoms with E-state index in [1.54, 1.807) is 0 Å². The van der Waals surface area contributed by atoms with Gasteiger partial charge in [-0.1, -0.05) is 65.6 Å². The largest absolute Gasteiger partial charge is 0.389 e. The topological polar surface area (TPSA) is 72.3 Å². The molecule has 6 nitrogen and oxygen atoms in total. The number of oxime groups is 1. The first-order valence-corrected chi connectivity index (χ1v) is 11.3. The van der Waals surface area contributed by atoms with Crippen LogP contribution in [0.15, 0.2) is 47.6 Å². The Balaban J connectivity index is 1.67. The van der Waals surface area contributed by atoms with Gasteiger partial charge >= 0.3 is 0 Å². The van der Waals surface area contributed by atoms with E-state index < -0.39 is 0 Å². The molecule has 3 aromatic rings. The van der Waals surface area contributed by atoms with Crippen LogP contribution in [0, 0.1) is 6.92 Å². The van der Waals surface area contributed by atoms with E-state index in [0.29, 0.717) is 16.4 Å². The van der Waals surface area contributed by atoms with Gasteiger partial charge in [0.2, 0.25) is 0 Å². The van der Waals surface area contributed by atoms with Gasteiger partial charge < -0.3 is 10.2 Å². The molecule has 2 aromatic heterocycles. The van der Waals surface area contributed by atoms with E-state index in [4.69, 9.17) is 16.4 Å². The van der Waals surface area contributed by atoms with Gasteiger partial charge in [0.15, 0.2) is 6.61 Å². The maximum Gasteiger partial charge on any atom is 0.159 e. The molecule has 8 heteroatoms. The van der Waals surface area contributed by atoms with Crippen molar-refractivity contribution in [3.05, 3.63) is 69.3 Å². The van der Waals surface area contributed by atoms with Crippen molar-refractivity contribution in [2.75, 3.05) is 11.9 Å². The number of aromatic nitrogens is 3. The number of unbranched alkanes of at least 4 members (excludes halogenated alkanes) is 3. The molecule has 0 saturated heterocycles. The van der Waals surface area contributed by atoms with Gasteiger partial charge in [-0.2, -0.15) is 0 Å². The monoisotopic (exact) mass is 443 g/mol. The molecule has 0 fully saturated rings. The Bertz CT molecular complexity index is 975. The summed E-state index contributed by atoms with van der Waals surface area (Å²) in [4.78, 5) is 11.2. The van der Waals surface area contributed by atoms with Gasteiger partial charge in [0, 0.05) is 17.1 Å². The van der Waals surface area contributed by atoms with Crippen LogP contribution in [0.2, 0.25) is 5.02 Å². The summed E-state index contributed by atoms with van der Waals surface area (Å²) in [6.45, 7) is 5.35. The summed E-state index contributed by atoms with van der Waals surface area (Å²) >= 11 is 7.49. The Morgan fingerprint density at radius 2 is 2.03 bits per heavy atom. The average Bonchev–Trinajstić information content (AvgIpc) is 3.17. The Kier molecular flexibility index (Phi) is 8.59. The van der Waals surface area contributed by atoms with Gasteiger partial charge in [0.1, 0.15) is 17.2 Å². The molecule has 0 atom stereocenters. The number of aryl methyl sites for hydroxylation is 1. The number of anilines is 1. The smallest absolute Gasteiger partial charge is 0.159 e. The molecule has 0 saturated carbocycles. The zero-order chi connectivity index (χ0) is 21.2.